The number of halogens is 3. The van der Waals surface area contributed by atoms with Crippen LogP contribution in [0.15, 0.2) is 30.3 Å². The zero-order chi connectivity index (χ0) is 14.9. The van der Waals surface area contributed by atoms with Crippen LogP contribution in [-0.4, -0.2) is 27.2 Å². The van der Waals surface area contributed by atoms with E-state index in [1.807, 2.05) is 0 Å². The Morgan fingerprint density at radius 3 is 2.55 bits per heavy atom. The van der Waals surface area contributed by atoms with Gasteiger partial charge in [-0.25, -0.2) is 4.79 Å². The van der Waals surface area contributed by atoms with E-state index in [4.69, 9.17) is 5.11 Å². The number of alkyl halides is 3. The Bertz CT molecular complexity index is 650. The van der Waals surface area contributed by atoms with Crippen molar-refractivity contribution in [3.05, 3.63) is 36.0 Å². The second-order valence-electron chi connectivity index (χ2n) is 3.89. The standard InChI is InChI=1S/C12H9F3N2O3/c1-17-9(11(18)19)6-8(16-17)7-4-2-3-5-10(7)20-12(13,14)15/h2-6H,1H3,(H,18,19). The van der Waals surface area contributed by atoms with E-state index in [0.29, 0.717) is 0 Å². The van der Waals surface area contributed by atoms with Gasteiger partial charge < -0.3 is 9.84 Å². The van der Waals surface area contributed by atoms with Crippen LogP contribution in [0.5, 0.6) is 5.75 Å². The number of carboxylic acids is 1. The molecular formula is C12H9F3N2O3. The van der Waals surface area contributed by atoms with Gasteiger partial charge in [-0.05, 0) is 18.2 Å². The van der Waals surface area contributed by atoms with Crippen LogP contribution >= 0.6 is 0 Å². The van der Waals surface area contributed by atoms with Gasteiger partial charge in [0.1, 0.15) is 11.4 Å². The Morgan fingerprint density at radius 1 is 1.35 bits per heavy atom. The number of aromatic nitrogens is 2. The summed E-state index contributed by atoms with van der Waals surface area (Å²) in [4.78, 5) is 10.9. The summed E-state index contributed by atoms with van der Waals surface area (Å²) in [6.45, 7) is 0. The smallest absolute Gasteiger partial charge is 0.477 e. The third-order valence-electron chi connectivity index (χ3n) is 2.49. The predicted octanol–water partition coefficient (Wildman–Crippen LogP) is 2.68. The molecule has 106 valence electrons. The van der Waals surface area contributed by atoms with Gasteiger partial charge in [0, 0.05) is 12.6 Å². The van der Waals surface area contributed by atoms with Crippen LogP contribution in [0.1, 0.15) is 10.5 Å². The number of carbonyl (C=O) groups is 1. The number of nitrogens with zero attached hydrogens (tertiary/aromatic N) is 2. The Morgan fingerprint density at radius 2 is 2.00 bits per heavy atom. The molecule has 1 aromatic heterocycles. The number of aryl methyl sites for hydroxylation is 1. The minimum Gasteiger partial charge on any atom is -0.477 e. The first kappa shape index (κ1) is 13.9. The van der Waals surface area contributed by atoms with Gasteiger partial charge in [-0.2, -0.15) is 5.10 Å². The summed E-state index contributed by atoms with van der Waals surface area (Å²) >= 11 is 0. The lowest BCUT2D eigenvalue weighted by Crippen LogP contribution is -2.17. The molecule has 2 aromatic rings. The van der Waals surface area contributed by atoms with Crippen molar-refractivity contribution in [3.8, 4) is 17.0 Å². The summed E-state index contributed by atoms with van der Waals surface area (Å²) < 4.78 is 41.9. The molecule has 0 bridgehead atoms. The maximum Gasteiger partial charge on any atom is 0.573 e. The van der Waals surface area contributed by atoms with E-state index in [1.54, 1.807) is 0 Å². The second kappa shape index (κ2) is 4.87. The fraction of sp³-hybridized carbons (Fsp3) is 0.167. The van der Waals surface area contributed by atoms with E-state index in [2.05, 4.69) is 9.84 Å². The molecule has 1 aromatic carbocycles. The van der Waals surface area contributed by atoms with Crippen LogP contribution in [0.25, 0.3) is 11.3 Å². The van der Waals surface area contributed by atoms with Crippen LogP contribution in [0.3, 0.4) is 0 Å². The number of ether oxygens (including phenoxy) is 1. The highest BCUT2D eigenvalue weighted by atomic mass is 19.4. The average molecular weight is 286 g/mol. The van der Waals surface area contributed by atoms with Crippen molar-refractivity contribution >= 4 is 5.97 Å². The molecule has 0 aliphatic rings. The molecule has 0 saturated heterocycles. The highest BCUT2D eigenvalue weighted by Crippen LogP contribution is 2.33. The Hall–Kier alpha value is -2.51. The van der Waals surface area contributed by atoms with Crippen molar-refractivity contribution in [1.29, 1.82) is 0 Å². The molecule has 20 heavy (non-hydrogen) atoms. The number of rotatable bonds is 3. The SMILES string of the molecule is Cn1nc(-c2ccccc2OC(F)(F)F)cc1C(=O)O. The summed E-state index contributed by atoms with van der Waals surface area (Å²) in [5.74, 6) is -1.66. The van der Waals surface area contributed by atoms with Gasteiger partial charge in [0.05, 0.1) is 5.69 Å². The Labute approximate surface area is 111 Å². The van der Waals surface area contributed by atoms with E-state index in [-0.39, 0.29) is 17.0 Å². The molecule has 0 spiro atoms. The van der Waals surface area contributed by atoms with Crippen molar-refractivity contribution in [3.63, 3.8) is 0 Å². The maximum atomic E-state index is 12.3. The summed E-state index contributed by atoms with van der Waals surface area (Å²) in [6, 6.07) is 6.58. The topological polar surface area (TPSA) is 64.4 Å². The van der Waals surface area contributed by atoms with Gasteiger partial charge in [0.15, 0.2) is 0 Å². The quantitative estimate of drug-likeness (QED) is 0.942. The van der Waals surface area contributed by atoms with Crippen molar-refractivity contribution in [2.45, 2.75) is 6.36 Å². The monoisotopic (exact) mass is 286 g/mol. The summed E-state index contributed by atoms with van der Waals surface area (Å²) in [7, 11) is 1.39. The average Bonchev–Trinajstić information content (AvgIpc) is 2.70. The molecule has 8 heteroatoms. The van der Waals surface area contributed by atoms with Crippen LogP contribution in [0.2, 0.25) is 0 Å². The van der Waals surface area contributed by atoms with Crippen molar-refractivity contribution in [1.82, 2.24) is 9.78 Å². The number of hydrogen-bond acceptors (Lipinski definition) is 3. The molecular weight excluding hydrogens is 277 g/mol. The minimum atomic E-state index is -4.83. The lowest BCUT2D eigenvalue weighted by Gasteiger charge is -2.11. The van der Waals surface area contributed by atoms with Crippen LogP contribution in [0, 0.1) is 0 Å². The number of aromatic carboxylic acids is 1. The third-order valence-corrected chi connectivity index (χ3v) is 2.49. The molecule has 0 fully saturated rings. The summed E-state index contributed by atoms with van der Waals surface area (Å²) in [5.41, 5.74) is 0.0134. The van der Waals surface area contributed by atoms with E-state index in [0.717, 1.165) is 10.7 Å². The highest BCUT2D eigenvalue weighted by Gasteiger charge is 2.32. The lowest BCUT2D eigenvalue weighted by atomic mass is 10.1. The van der Waals surface area contributed by atoms with Gasteiger partial charge in [-0.1, -0.05) is 12.1 Å². The van der Waals surface area contributed by atoms with Crippen LogP contribution in [-0.2, 0) is 7.05 Å². The fourth-order valence-corrected chi connectivity index (χ4v) is 1.69. The number of carboxylic acid groups (broad SMARTS) is 1. The zero-order valence-corrected chi connectivity index (χ0v) is 10.2. The molecule has 0 radical (unpaired) electrons. The lowest BCUT2D eigenvalue weighted by molar-refractivity contribution is -0.274. The molecule has 0 aliphatic carbocycles. The largest absolute Gasteiger partial charge is 0.573 e. The Balaban J connectivity index is 2.48. The van der Waals surface area contributed by atoms with Gasteiger partial charge >= 0.3 is 12.3 Å². The van der Waals surface area contributed by atoms with Gasteiger partial charge in [0.2, 0.25) is 0 Å². The molecule has 0 saturated carbocycles. The second-order valence-corrected chi connectivity index (χ2v) is 3.89. The Kier molecular flexibility index (Phi) is 3.39. The molecule has 0 atom stereocenters. The molecule has 0 amide bonds. The fourth-order valence-electron chi connectivity index (χ4n) is 1.69. The van der Waals surface area contributed by atoms with E-state index < -0.39 is 18.1 Å². The first-order valence-electron chi connectivity index (χ1n) is 5.40. The molecule has 2 rings (SSSR count). The zero-order valence-electron chi connectivity index (χ0n) is 10.2. The normalized spacial score (nSPS) is 11.4. The first-order valence-corrected chi connectivity index (χ1v) is 5.40. The molecule has 1 heterocycles. The van der Waals surface area contributed by atoms with Gasteiger partial charge in [-0.15, -0.1) is 13.2 Å². The highest BCUT2D eigenvalue weighted by molar-refractivity contribution is 5.87. The van der Waals surface area contributed by atoms with Crippen molar-refractivity contribution < 1.29 is 27.8 Å². The maximum absolute atomic E-state index is 12.3. The van der Waals surface area contributed by atoms with Crippen LogP contribution < -0.4 is 4.74 Å². The predicted molar refractivity (Wildman–Crippen MR) is 62.3 cm³/mol. The first-order chi connectivity index (χ1) is 9.28. The van der Waals surface area contributed by atoms with Crippen molar-refractivity contribution in [2.75, 3.05) is 0 Å². The molecule has 1 N–H and O–H groups in total. The molecule has 0 unspecified atom stereocenters. The third kappa shape index (κ3) is 2.90. The number of benzene rings is 1. The summed E-state index contributed by atoms with van der Waals surface area (Å²) in [5, 5.41) is 12.8. The van der Waals surface area contributed by atoms with E-state index >= 15 is 0 Å². The van der Waals surface area contributed by atoms with E-state index in [9.17, 15) is 18.0 Å². The number of para-hydroxylation sites is 1. The summed E-state index contributed by atoms with van der Waals surface area (Å²) in [6.07, 6.45) is -4.83. The number of hydrogen-bond donors (Lipinski definition) is 1. The van der Waals surface area contributed by atoms with Crippen molar-refractivity contribution in [2.24, 2.45) is 7.05 Å². The van der Waals surface area contributed by atoms with E-state index in [1.165, 1.54) is 31.3 Å². The van der Waals surface area contributed by atoms with Crippen LogP contribution in [0.4, 0.5) is 13.2 Å². The molecule has 0 aliphatic heterocycles. The molecule has 5 nitrogen and oxygen atoms in total. The van der Waals surface area contributed by atoms with Gasteiger partial charge in [0.25, 0.3) is 0 Å². The minimum absolute atomic E-state index is 0.0629. The van der Waals surface area contributed by atoms with Gasteiger partial charge in [-0.3, -0.25) is 4.68 Å².